The molecule has 1 aromatic heterocycles. The number of rotatable bonds is 2. The molecule has 0 bridgehead atoms. The smallest absolute Gasteiger partial charge is 0.188 e. The van der Waals surface area contributed by atoms with Gasteiger partial charge in [0.1, 0.15) is 5.75 Å². The van der Waals surface area contributed by atoms with Crippen LogP contribution in [-0.4, -0.2) is 14.2 Å². The van der Waals surface area contributed by atoms with Gasteiger partial charge in [-0.15, -0.1) is 12.6 Å². The van der Waals surface area contributed by atoms with Gasteiger partial charge in [-0.2, -0.15) is 0 Å². The van der Waals surface area contributed by atoms with Crippen molar-refractivity contribution in [1.82, 2.24) is 0 Å². The zero-order valence-corrected chi connectivity index (χ0v) is 9.61. The lowest BCUT2D eigenvalue weighted by atomic mass is 10.2. The highest BCUT2D eigenvalue weighted by atomic mass is 32.1. The lowest BCUT2D eigenvalue weighted by Gasteiger charge is -2.01. The van der Waals surface area contributed by atoms with Gasteiger partial charge in [-0.3, -0.25) is 0 Å². The molecule has 0 atom stereocenters. The topological polar surface area (TPSA) is 18.5 Å². The maximum Gasteiger partial charge on any atom is 0.188 e. The van der Waals surface area contributed by atoms with E-state index in [0.717, 1.165) is 25.8 Å². The van der Waals surface area contributed by atoms with E-state index in [9.17, 15) is 0 Å². The Morgan fingerprint density at radius 2 is 2.00 bits per heavy atom. The van der Waals surface area contributed by atoms with Gasteiger partial charge in [0.2, 0.25) is 0 Å². The van der Waals surface area contributed by atoms with Crippen LogP contribution in [0.15, 0.2) is 23.1 Å². The molecule has 0 fully saturated rings. The second kappa shape index (κ2) is 3.71. The lowest BCUT2D eigenvalue weighted by Crippen LogP contribution is -1.83. The number of thiophene rings is 1. The summed E-state index contributed by atoms with van der Waals surface area (Å²) in [5, 5.41) is 1.85. The van der Waals surface area contributed by atoms with Crippen molar-refractivity contribution in [1.29, 1.82) is 0 Å². The van der Waals surface area contributed by atoms with Crippen molar-refractivity contribution in [3.63, 3.8) is 0 Å². The summed E-state index contributed by atoms with van der Waals surface area (Å²) >= 11 is 6.00. The Kier molecular flexibility index (Phi) is 2.56. The normalized spacial score (nSPS) is 10.5. The van der Waals surface area contributed by atoms with Gasteiger partial charge in [0.05, 0.1) is 24.5 Å². The first kappa shape index (κ1) is 9.68. The molecule has 4 heteroatoms. The zero-order chi connectivity index (χ0) is 10.1. The van der Waals surface area contributed by atoms with E-state index >= 15 is 0 Å². The zero-order valence-electron chi connectivity index (χ0n) is 7.90. The van der Waals surface area contributed by atoms with E-state index in [-0.39, 0.29) is 0 Å². The molecular formula is C10H10O2S2. The summed E-state index contributed by atoms with van der Waals surface area (Å²) in [6.07, 6.45) is 0. The first-order valence-corrected chi connectivity index (χ1v) is 5.36. The Morgan fingerprint density at radius 3 is 2.64 bits per heavy atom. The van der Waals surface area contributed by atoms with Crippen molar-refractivity contribution in [2.24, 2.45) is 0 Å². The van der Waals surface area contributed by atoms with Crippen LogP contribution in [0.1, 0.15) is 0 Å². The molecular weight excluding hydrogens is 216 g/mol. The van der Waals surface area contributed by atoms with Crippen LogP contribution in [-0.2, 0) is 0 Å². The second-order valence-corrected chi connectivity index (χ2v) is 4.24. The fourth-order valence-electron chi connectivity index (χ4n) is 1.39. The summed E-state index contributed by atoms with van der Waals surface area (Å²) in [6.45, 7) is 0. The minimum Gasteiger partial charge on any atom is -0.496 e. The van der Waals surface area contributed by atoms with Gasteiger partial charge in [-0.25, -0.2) is 0 Å². The third kappa shape index (κ3) is 1.35. The first-order chi connectivity index (χ1) is 6.77. The van der Waals surface area contributed by atoms with E-state index in [1.54, 1.807) is 25.6 Å². The number of methoxy groups -OCH3 is 2. The minimum atomic E-state index is 0.827. The molecule has 0 N–H and O–H groups in total. The number of hydrogen-bond acceptors (Lipinski definition) is 4. The van der Waals surface area contributed by atoms with Crippen LogP contribution in [0.2, 0.25) is 0 Å². The fraction of sp³-hybridized carbons (Fsp3) is 0.200. The molecule has 0 amide bonds. The summed E-state index contributed by atoms with van der Waals surface area (Å²) in [7, 11) is 3.31. The fourth-order valence-corrected chi connectivity index (χ4v) is 2.86. The molecule has 0 saturated heterocycles. The molecule has 1 aromatic carbocycles. The molecule has 1 heterocycles. The van der Waals surface area contributed by atoms with Gasteiger partial charge in [-0.1, -0.05) is 17.4 Å². The van der Waals surface area contributed by atoms with Crippen LogP contribution in [0.3, 0.4) is 0 Å². The molecule has 0 aliphatic carbocycles. The Hall–Kier alpha value is -0.870. The van der Waals surface area contributed by atoms with Crippen LogP contribution in [0.5, 0.6) is 10.8 Å². The van der Waals surface area contributed by atoms with E-state index in [1.165, 1.54) is 0 Å². The van der Waals surface area contributed by atoms with Gasteiger partial charge in [-0.05, 0) is 12.1 Å². The largest absolute Gasteiger partial charge is 0.496 e. The summed E-state index contributed by atoms with van der Waals surface area (Å²) in [5.41, 5.74) is 0. The van der Waals surface area contributed by atoms with Crippen LogP contribution in [0.4, 0.5) is 0 Å². The maximum absolute atomic E-state index is 5.27. The van der Waals surface area contributed by atoms with Gasteiger partial charge < -0.3 is 9.47 Å². The van der Waals surface area contributed by atoms with E-state index in [4.69, 9.17) is 9.47 Å². The van der Waals surface area contributed by atoms with E-state index in [2.05, 4.69) is 12.6 Å². The molecule has 14 heavy (non-hydrogen) atoms. The van der Waals surface area contributed by atoms with Gasteiger partial charge in [0, 0.05) is 4.70 Å². The van der Waals surface area contributed by atoms with Crippen LogP contribution >= 0.6 is 24.0 Å². The van der Waals surface area contributed by atoms with Crippen LogP contribution in [0.25, 0.3) is 10.1 Å². The van der Waals surface area contributed by atoms with Crippen molar-refractivity contribution in [3.05, 3.63) is 18.2 Å². The summed E-state index contributed by atoms with van der Waals surface area (Å²) < 4.78 is 11.6. The molecule has 0 spiro atoms. The molecule has 0 saturated carbocycles. The van der Waals surface area contributed by atoms with Gasteiger partial charge in [0.25, 0.3) is 0 Å². The number of ether oxygens (including phenoxy) is 2. The Morgan fingerprint density at radius 1 is 1.21 bits per heavy atom. The number of fused-ring (bicyclic) bond motifs is 1. The molecule has 2 rings (SSSR count). The third-order valence-electron chi connectivity index (χ3n) is 2.03. The summed E-state index contributed by atoms with van der Waals surface area (Å²) in [5.74, 6) is 0.840. The standard InChI is InChI=1S/C10H10O2S2/c1-11-6-4-3-5-7-8(6)9(13)10(12-2)14-7/h3-5,13H,1-2H3. The first-order valence-electron chi connectivity index (χ1n) is 4.10. The average Bonchev–Trinajstić information content (AvgIpc) is 2.55. The number of hydrogen-bond donors (Lipinski definition) is 1. The van der Waals surface area contributed by atoms with E-state index in [0.29, 0.717) is 0 Å². The van der Waals surface area contributed by atoms with E-state index < -0.39 is 0 Å². The molecule has 0 unspecified atom stereocenters. The molecule has 0 radical (unpaired) electrons. The molecule has 74 valence electrons. The minimum absolute atomic E-state index is 0.827. The highest BCUT2D eigenvalue weighted by Crippen LogP contribution is 2.43. The molecule has 2 aromatic rings. The Balaban J connectivity index is 2.79. The van der Waals surface area contributed by atoms with Crippen LogP contribution in [0, 0.1) is 0 Å². The van der Waals surface area contributed by atoms with Gasteiger partial charge >= 0.3 is 0 Å². The Bertz CT molecular complexity index is 462. The Labute approximate surface area is 91.9 Å². The predicted molar refractivity (Wildman–Crippen MR) is 62.2 cm³/mol. The number of benzene rings is 1. The van der Waals surface area contributed by atoms with Crippen molar-refractivity contribution in [2.75, 3.05) is 14.2 Å². The van der Waals surface area contributed by atoms with Crippen molar-refractivity contribution in [3.8, 4) is 10.8 Å². The molecule has 2 nitrogen and oxygen atoms in total. The summed E-state index contributed by atoms with van der Waals surface area (Å²) in [4.78, 5) is 0.852. The van der Waals surface area contributed by atoms with Crippen LogP contribution < -0.4 is 9.47 Å². The highest BCUT2D eigenvalue weighted by Gasteiger charge is 2.12. The van der Waals surface area contributed by atoms with Crippen molar-refractivity contribution >= 4 is 34.1 Å². The second-order valence-electron chi connectivity index (χ2n) is 2.78. The van der Waals surface area contributed by atoms with Crippen molar-refractivity contribution in [2.45, 2.75) is 4.90 Å². The predicted octanol–water partition coefficient (Wildman–Crippen LogP) is 3.21. The number of thiol groups is 1. The molecule has 0 aliphatic heterocycles. The van der Waals surface area contributed by atoms with Gasteiger partial charge in [0.15, 0.2) is 5.06 Å². The van der Waals surface area contributed by atoms with E-state index in [1.807, 2.05) is 18.2 Å². The average molecular weight is 226 g/mol. The molecule has 0 aliphatic rings. The maximum atomic E-state index is 5.27. The summed E-state index contributed by atoms with van der Waals surface area (Å²) in [6, 6.07) is 5.92. The third-order valence-corrected chi connectivity index (χ3v) is 3.72. The highest BCUT2D eigenvalue weighted by molar-refractivity contribution is 7.81. The monoisotopic (exact) mass is 226 g/mol. The SMILES string of the molecule is COc1sc2cccc(OC)c2c1S. The quantitative estimate of drug-likeness (QED) is 0.793. The lowest BCUT2D eigenvalue weighted by molar-refractivity contribution is 0.413. The van der Waals surface area contributed by atoms with Crippen molar-refractivity contribution < 1.29 is 9.47 Å².